The molecule has 4 rings (SSSR count). The van der Waals surface area contributed by atoms with Gasteiger partial charge in [0.1, 0.15) is 10.6 Å². The number of likely N-dealkylation sites (N-methyl/N-ethyl adjacent to an activating group) is 1. The van der Waals surface area contributed by atoms with Gasteiger partial charge >= 0.3 is 0 Å². The Balaban J connectivity index is 1.58. The molecule has 1 amide bonds. The minimum absolute atomic E-state index is 0.0929. The number of thiophene rings is 1. The summed E-state index contributed by atoms with van der Waals surface area (Å²) in [5.74, 6) is -0.351. The van der Waals surface area contributed by atoms with Crippen molar-refractivity contribution < 1.29 is 9.18 Å². The molecule has 7 heteroatoms. The fraction of sp³-hybridized carbons (Fsp3) is 0.250. The van der Waals surface area contributed by atoms with Crippen LogP contribution in [0.1, 0.15) is 32.5 Å². The van der Waals surface area contributed by atoms with E-state index in [1.165, 1.54) is 23.5 Å². The van der Waals surface area contributed by atoms with Crippen molar-refractivity contribution in [2.75, 3.05) is 20.6 Å². The molecular weight excluding hydrogens is 411 g/mol. The number of benzene rings is 2. The molecule has 0 bridgehead atoms. The number of aryl methyl sites for hydroxylation is 1. The van der Waals surface area contributed by atoms with E-state index in [0.29, 0.717) is 18.0 Å². The molecule has 5 nitrogen and oxygen atoms in total. The molecule has 0 saturated heterocycles. The maximum atomic E-state index is 13.2. The molecule has 160 valence electrons. The molecule has 0 aliphatic carbocycles. The monoisotopic (exact) mass is 436 g/mol. The van der Waals surface area contributed by atoms with E-state index in [-0.39, 0.29) is 17.8 Å². The van der Waals surface area contributed by atoms with Crippen LogP contribution in [0.2, 0.25) is 0 Å². The van der Waals surface area contributed by atoms with Crippen molar-refractivity contribution in [2.24, 2.45) is 0 Å². The van der Waals surface area contributed by atoms with E-state index in [9.17, 15) is 9.18 Å². The zero-order chi connectivity index (χ0) is 22.0. The van der Waals surface area contributed by atoms with Gasteiger partial charge in [0, 0.05) is 11.9 Å². The third-order valence-corrected chi connectivity index (χ3v) is 6.28. The maximum absolute atomic E-state index is 13.2. The van der Waals surface area contributed by atoms with Crippen LogP contribution in [0.3, 0.4) is 0 Å². The van der Waals surface area contributed by atoms with Gasteiger partial charge in [-0.2, -0.15) is 5.10 Å². The Bertz CT molecular complexity index is 1180. The summed E-state index contributed by atoms with van der Waals surface area (Å²) < 4.78 is 15.1. The first-order chi connectivity index (χ1) is 14.9. The highest BCUT2D eigenvalue weighted by molar-refractivity contribution is 7.20. The molecule has 0 saturated carbocycles. The number of nitrogens with zero attached hydrogens (tertiary/aromatic N) is 3. The Hall–Kier alpha value is -3.03. The van der Waals surface area contributed by atoms with E-state index in [1.807, 2.05) is 62.1 Å². The molecule has 0 aliphatic heterocycles. The van der Waals surface area contributed by atoms with Crippen LogP contribution in [-0.2, 0) is 6.54 Å². The van der Waals surface area contributed by atoms with Crippen LogP contribution in [0.15, 0.2) is 60.7 Å². The van der Waals surface area contributed by atoms with Crippen LogP contribution in [0, 0.1) is 12.7 Å². The molecule has 0 spiro atoms. The fourth-order valence-corrected chi connectivity index (χ4v) is 4.67. The molecule has 1 atom stereocenters. The molecule has 31 heavy (non-hydrogen) atoms. The van der Waals surface area contributed by atoms with Gasteiger partial charge in [-0.1, -0.05) is 42.5 Å². The third kappa shape index (κ3) is 4.84. The summed E-state index contributed by atoms with van der Waals surface area (Å²) in [7, 11) is 3.99. The molecule has 1 N–H and O–H groups in total. The van der Waals surface area contributed by atoms with Gasteiger partial charge in [-0.05, 0) is 50.3 Å². The summed E-state index contributed by atoms with van der Waals surface area (Å²) >= 11 is 1.43. The van der Waals surface area contributed by atoms with Crippen molar-refractivity contribution in [3.8, 4) is 0 Å². The van der Waals surface area contributed by atoms with Crippen molar-refractivity contribution in [1.82, 2.24) is 20.0 Å². The Kier molecular flexibility index (Phi) is 6.15. The second kappa shape index (κ2) is 8.99. The SMILES string of the molecule is Cc1nn(Cc2ccc(F)cc2)c2sc(C(=O)NC(CN(C)C)c3ccccc3)cc12. The van der Waals surface area contributed by atoms with Crippen LogP contribution in [0.4, 0.5) is 4.39 Å². The van der Waals surface area contributed by atoms with Crippen molar-refractivity contribution in [3.05, 3.63) is 88.2 Å². The second-order valence-electron chi connectivity index (χ2n) is 7.90. The Labute approximate surface area is 185 Å². The Morgan fingerprint density at radius 2 is 1.87 bits per heavy atom. The van der Waals surface area contributed by atoms with E-state index >= 15 is 0 Å². The Morgan fingerprint density at radius 3 is 2.55 bits per heavy atom. The summed E-state index contributed by atoms with van der Waals surface area (Å²) in [5.41, 5.74) is 2.91. The minimum Gasteiger partial charge on any atom is -0.343 e. The largest absolute Gasteiger partial charge is 0.343 e. The number of halogens is 1. The molecule has 4 aromatic rings. The van der Waals surface area contributed by atoms with Gasteiger partial charge in [0.25, 0.3) is 5.91 Å². The van der Waals surface area contributed by atoms with E-state index in [2.05, 4.69) is 15.3 Å². The number of hydrogen-bond donors (Lipinski definition) is 1. The van der Waals surface area contributed by atoms with Gasteiger partial charge < -0.3 is 10.2 Å². The zero-order valence-corrected chi connectivity index (χ0v) is 18.6. The first kappa shape index (κ1) is 21.2. The van der Waals surface area contributed by atoms with E-state index in [1.54, 1.807) is 12.1 Å². The van der Waals surface area contributed by atoms with E-state index in [4.69, 9.17) is 0 Å². The number of aromatic nitrogens is 2. The van der Waals surface area contributed by atoms with Crippen LogP contribution in [0.5, 0.6) is 0 Å². The highest BCUT2D eigenvalue weighted by Gasteiger charge is 2.20. The predicted molar refractivity (Wildman–Crippen MR) is 123 cm³/mol. The van der Waals surface area contributed by atoms with Gasteiger partial charge in [-0.3, -0.25) is 9.48 Å². The van der Waals surface area contributed by atoms with Crippen molar-refractivity contribution in [1.29, 1.82) is 0 Å². The van der Waals surface area contributed by atoms with Crippen molar-refractivity contribution in [3.63, 3.8) is 0 Å². The average molecular weight is 437 g/mol. The van der Waals surface area contributed by atoms with Gasteiger partial charge in [-0.25, -0.2) is 4.39 Å². The highest BCUT2D eigenvalue weighted by Crippen LogP contribution is 2.29. The van der Waals surface area contributed by atoms with Gasteiger partial charge in [-0.15, -0.1) is 11.3 Å². The average Bonchev–Trinajstić information content (AvgIpc) is 3.31. The van der Waals surface area contributed by atoms with Crippen LogP contribution in [-0.4, -0.2) is 41.2 Å². The van der Waals surface area contributed by atoms with Crippen molar-refractivity contribution >= 4 is 27.5 Å². The fourth-order valence-electron chi connectivity index (χ4n) is 3.61. The topological polar surface area (TPSA) is 50.2 Å². The number of nitrogens with one attached hydrogen (secondary N) is 1. The molecule has 2 aromatic carbocycles. The van der Waals surface area contributed by atoms with E-state index in [0.717, 1.165) is 27.0 Å². The Morgan fingerprint density at radius 1 is 1.16 bits per heavy atom. The standard InChI is InChI=1S/C24H25FN4OS/c1-16-20-13-22(23(30)26-21(15-28(2)3)18-7-5-4-6-8-18)31-24(20)29(27-16)14-17-9-11-19(25)12-10-17/h4-13,21H,14-15H2,1-3H3,(H,26,30). The molecule has 2 heterocycles. The molecule has 2 aromatic heterocycles. The number of fused-ring (bicyclic) bond motifs is 1. The minimum atomic E-state index is -0.258. The lowest BCUT2D eigenvalue weighted by atomic mass is 10.1. The predicted octanol–water partition coefficient (Wildman–Crippen LogP) is 4.63. The summed E-state index contributed by atoms with van der Waals surface area (Å²) in [6.07, 6.45) is 0. The van der Waals surface area contributed by atoms with Gasteiger partial charge in [0.05, 0.1) is 23.2 Å². The summed E-state index contributed by atoms with van der Waals surface area (Å²) in [4.78, 5) is 16.8. The quantitative estimate of drug-likeness (QED) is 0.460. The number of rotatable bonds is 7. The van der Waals surface area contributed by atoms with E-state index < -0.39 is 0 Å². The summed E-state index contributed by atoms with van der Waals surface area (Å²) in [5, 5.41) is 8.77. The first-order valence-electron chi connectivity index (χ1n) is 10.1. The van der Waals surface area contributed by atoms with Gasteiger partial charge in [0.2, 0.25) is 0 Å². The molecule has 0 aliphatic rings. The lowest BCUT2D eigenvalue weighted by molar-refractivity contribution is 0.0934. The number of carbonyl (C=O) groups excluding carboxylic acids is 1. The van der Waals surface area contributed by atoms with Crippen LogP contribution >= 0.6 is 11.3 Å². The van der Waals surface area contributed by atoms with Crippen molar-refractivity contribution in [2.45, 2.75) is 19.5 Å². The highest BCUT2D eigenvalue weighted by atomic mass is 32.1. The zero-order valence-electron chi connectivity index (χ0n) is 17.8. The number of amides is 1. The molecule has 1 unspecified atom stereocenters. The molecular formula is C24H25FN4OS. The van der Waals surface area contributed by atoms with Crippen LogP contribution < -0.4 is 5.32 Å². The second-order valence-corrected chi connectivity index (χ2v) is 8.93. The summed E-state index contributed by atoms with van der Waals surface area (Å²) in [6, 6.07) is 18.2. The lowest BCUT2D eigenvalue weighted by Gasteiger charge is -2.22. The maximum Gasteiger partial charge on any atom is 0.261 e. The number of hydrogen-bond acceptors (Lipinski definition) is 4. The molecule has 0 fully saturated rings. The smallest absolute Gasteiger partial charge is 0.261 e. The van der Waals surface area contributed by atoms with Crippen LogP contribution in [0.25, 0.3) is 10.2 Å². The lowest BCUT2D eigenvalue weighted by Crippen LogP contribution is -2.34. The van der Waals surface area contributed by atoms with Gasteiger partial charge in [0.15, 0.2) is 0 Å². The summed E-state index contributed by atoms with van der Waals surface area (Å²) in [6.45, 7) is 3.17. The first-order valence-corrected chi connectivity index (χ1v) is 10.9. The normalized spacial score (nSPS) is 12.4. The molecule has 0 radical (unpaired) electrons. The number of carbonyl (C=O) groups is 1. The third-order valence-electron chi connectivity index (χ3n) is 5.13.